The smallest absolute Gasteiger partial charge is 0.258 e. The van der Waals surface area contributed by atoms with Crippen LogP contribution in [0.3, 0.4) is 0 Å². The maximum absolute atomic E-state index is 13.1. The number of halogens is 2. The van der Waals surface area contributed by atoms with Crippen molar-refractivity contribution in [3.05, 3.63) is 76.8 Å². The third-order valence-electron chi connectivity index (χ3n) is 4.52. The van der Waals surface area contributed by atoms with E-state index in [0.717, 1.165) is 28.4 Å². The molecule has 1 atom stereocenters. The molecule has 1 heterocycles. The third-order valence-corrected chi connectivity index (χ3v) is 5.19. The SMILES string of the molecule is O=C(c1ccccc1)N1c2c(cc(Cl)c3ccccc23)CC1CCl. The highest BCUT2D eigenvalue weighted by molar-refractivity contribution is 6.36. The highest BCUT2D eigenvalue weighted by Gasteiger charge is 2.35. The summed E-state index contributed by atoms with van der Waals surface area (Å²) in [4.78, 5) is 15.0. The molecule has 4 rings (SSSR count). The molecule has 0 N–H and O–H groups in total. The average molecular weight is 356 g/mol. The van der Waals surface area contributed by atoms with E-state index in [1.807, 2.05) is 65.6 Å². The zero-order valence-corrected chi connectivity index (χ0v) is 14.4. The zero-order chi connectivity index (χ0) is 16.7. The molecule has 0 spiro atoms. The van der Waals surface area contributed by atoms with Gasteiger partial charge in [-0.15, -0.1) is 11.6 Å². The van der Waals surface area contributed by atoms with Crippen LogP contribution >= 0.6 is 23.2 Å². The molecule has 1 aliphatic rings. The molecule has 0 saturated carbocycles. The molecular formula is C20H15Cl2NO. The van der Waals surface area contributed by atoms with E-state index in [4.69, 9.17) is 23.2 Å². The van der Waals surface area contributed by atoms with Gasteiger partial charge in [-0.05, 0) is 30.2 Å². The van der Waals surface area contributed by atoms with Crippen LogP contribution < -0.4 is 4.90 Å². The first-order valence-electron chi connectivity index (χ1n) is 7.85. The second kappa shape index (κ2) is 6.12. The van der Waals surface area contributed by atoms with E-state index in [-0.39, 0.29) is 11.9 Å². The summed E-state index contributed by atoms with van der Waals surface area (Å²) in [5.41, 5.74) is 2.68. The van der Waals surface area contributed by atoms with Crippen molar-refractivity contribution < 1.29 is 4.79 Å². The van der Waals surface area contributed by atoms with Crippen molar-refractivity contribution in [2.24, 2.45) is 0 Å². The number of alkyl halides is 1. The topological polar surface area (TPSA) is 20.3 Å². The van der Waals surface area contributed by atoms with Gasteiger partial charge in [0.15, 0.2) is 0 Å². The molecule has 0 aliphatic carbocycles. The summed E-state index contributed by atoms with van der Waals surface area (Å²) >= 11 is 12.6. The Kier molecular flexibility index (Phi) is 3.95. The van der Waals surface area contributed by atoms with Crippen LogP contribution in [0.1, 0.15) is 15.9 Å². The summed E-state index contributed by atoms with van der Waals surface area (Å²) in [6, 6.07) is 19.2. The van der Waals surface area contributed by atoms with Crippen LogP contribution in [0.15, 0.2) is 60.7 Å². The first-order chi connectivity index (χ1) is 11.7. The Morgan fingerprint density at radius 2 is 1.71 bits per heavy atom. The molecule has 2 nitrogen and oxygen atoms in total. The summed E-state index contributed by atoms with van der Waals surface area (Å²) < 4.78 is 0. The van der Waals surface area contributed by atoms with Gasteiger partial charge in [0.05, 0.1) is 11.7 Å². The fourth-order valence-electron chi connectivity index (χ4n) is 3.45. The molecule has 120 valence electrons. The normalized spacial score (nSPS) is 16.4. The number of benzene rings is 3. The fraction of sp³-hybridized carbons (Fsp3) is 0.150. The van der Waals surface area contributed by atoms with Crippen molar-refractivity contribution >= 4 is 45.6 Å². The van der Waals surface area contributed by atoms with Crippen LogP contribution in [0.2, 0.25) is 5.02 Å². The van der Waals surface area contributed by atoms with E-state index in [0.29, 0.717) is 16.5 Å². The molecule has 0 saturated heterocycles. The van der Waals surface area contributed by atoms with Gasteiger partial charge in [-0.3, -0.25) is 4.79 Å². The van der Waals surface area contributed by atoms with Gasteiger partial charge in [0.1, 0.15) is 0 Å². The number of hydrogen-bond donors (Lipinski definition) is 0. The lowest BCUT2D eigenvalue weighted by atomic mass is 10.0. The van der Waals surface area contributed by atoms with Gasteiger partial charge in [-0.25, -0.2) is 0 Å². The zero-order valence-electron chi connectivity index (χ0n) is 12.9. The van der Waals surface area contributed by atoms with Gasteiger partial charge < -0.3 is 4.90 Å². The Morgan fingerprint density at radius 1 is 1.04 bits per heavy atom. The highest BCUT2D eigenvalue weighted by atomic mass is 35.5. The fourth-order valence-corrected chi connectivity index (χ4v) is 3.99. The molecule has 0 radical (unpaired) electrons. The van der Waals surface area contributed by atoms with Crippen LogP contribution in [0.5, 0.6) is 0 Å². The minimum Gasteiger partial charge on any atom is -0.303 e. The molecule has 1 amide bonds. The Hall–Kier alpha value is -2.03. The largest absolute Gasteiger partial charge is 0.303 e. The lowest BCUT2D eigenvalue weighted by molar-refractivity contribution is 0.0982. The predicted molar refractivity (Wildman–Crippen MR) is 100 cm³/mol. The van der Waals surface area contributed by atoms with E-state index in [9.17, 15) is 4.79 Å². The predicted octanol–water partition coefficient (Wildman–Crippen LogP) is 5.30. The monoisotopic (exact) mass is 355 g/mol. The number of amides is 1. The molecule has 3 aromatic carbocycles. The standard InChI is InChI=1S/C20H15Cl2NO/c21-12-15-10-14-11-18(22)16-8-4-5-9-17(16)19(14)23(15)20(24)13-6-2-1-3-7-13/h1-9,11,15H,10,12H2. The quantitative estimate of drug-likeness (QED) is 0.571. The molecule has 24 heavy (non-hydrogen) atoms. The summed E-state index contributed by atoms with van der Waals surface area (Å²) in [6.07, 6.45) is 0.724. The van der Waals surface area contributed by atoms with Gasteiger partial charge in [0.2, 0.25) is 0 Å². The van der Waals surface area contributed by atoms with Gasteiger partial charge in [-0.2, -0.15) is 0 Å². The Morgan fingerprint density at radius 3 is 2.42 bits per heavy atom. The minimum absolute atomic E-state index is 0.0209. The minimum atomic E-state index is -0.0590. The highest BCUT2D eigenvalue weighted by Crippen LogP contribution is 2.42. The van der Waals surface area contributed by atoms with Crippen LogP contribution in [0, 0.1) is 0 Å². The van der Waals surface area contributed by atoms with Crippen LogP contribution in [-0.2, 0) is 6.42 Å². The Bertz CT molecular complexity index is 924. The molecular weight excluding hydrogens is 341 g/mol. The van der Waals surface area contributed by atoms with E-state index < -0.39 is 0 Å². The molecule has 0 fully saturated rings. The molecule has 0 bridgehead atoms. The van der Waals surface area contributed by atoms with Crippen molar-refractivity contribution in [2.75, 3.05) is 10.8 Å². The lowest BCUT2D eigenvalue weighted by Gasteiger charge is -2.25. The number of rotatable bonds is 2. The Labute approximate surface area is 150 Å². The van der Waals surface area contributed by atoms with Crippen LogP contribution in [0.4, 0.5) is 5.69 Å². The van der Waals surface area contributed by atoms with E-state index in [2.05, 4.69) is 0 Å². The van der Waals surface area contributed by atoms with E-state index >= 15 is 0 Å². The average Bonchev–Trinajstić information content (AvgIpc) is 3.00. The third kappa shape index (κ3) is 2.38. The summed E-state index contributed by atoms with van der Waals surface area (Å²) in [6.45, 7) is 0. The second-order valence-corrected chi connectivity index (χ2v) is 6.68. The van der Waals surface area contributed by atoms with Gasteiger partial charge >= 0.3 is 0 Å². The summed E-state index contributed by atoms with van der Waals surface area (Å²) in [5, 5.41) is 2.67. The maximum atomic E-state index is 13.1. The van der Waals surface area contributed by atoms with Gasteiger partial charge in [-0.1, -0.05) is 54.1 Å². The second-order valence-electron chi connectivity index (χ2n) is 5.97. The van der Waals surface area contributed by atoms with Crippen LogP contribution in [0.25, 0.3) is 10.8 Å². The number of carbonyl (C=O) groups is 1. The van der Waals surface area contributed by atoms with Gasteiger partial charge in [0, 0.05) is 27.2 Å². The molecule has 4 heteroatoms. The number of fused-ring (bicyclic) bond motifs is 3. The maximum Gasteiger partial charge on any atom is 0.258 e. The lowest BCUT2D eigenvalue weighted by Crippen LogP contribution is -2.39. The van der Waals surface area contributed by atoms with Gasteiger partial charge in [0.25, 0.3) is 5.91 Å². The summed E-state index contributed by atoms with van der Waals surface area (Å²) in [7, 11) is 0. The van der Waals surface area contributed by atoms with Crippen molar-refractivity contribution in [3.8, 4) is 0 Å². The Balaban J connectivity index is 1.93. The summed E-state index contributed by atoms with van der Waals surface area (Å²) in [5.74, 6) is 0.367. The van der Waals surface area contributed by atoms with Crippen molar-refractivity contribution in [1.82, 2.24) is 0 Å². The van der Waals surface area contributed by atoms with Crippen molar-refractivity contribution in [3.63, 3.8) is 0 Å². The van der Waals surface area contributed by atoms with E-state index in [1.165, 1.54) is 0 Å². The molecule has 1 aliphatic heterocycles. The molecule has 1 unspecified atom stereocenters. The van der Waals surface area contributed by atoms with Crippen molar-refractivity contribution in [2.45, 2.75) is 12.5 Å². The first-order valence-corrected chi connectivity index (χ1v) is 8.76. The van der Waals surface area contributed by atoms with E-state index in [1.54, 1.807) is 0 Å². The number of hydrogen-bond acceptors (Lipinski definition) is 1. The van der Waals surface area contributed by atoms with Crippen molar-refractivity contribution in [1.29, 1.82) is 0 Å². The number of carbonyl (C=O) groups excluding carboxylic acids is 1. The number of nitrogens with zero attached hydrogens (tertiary/aromatic N) is 1. The number of anilines is 1. The molecule has 3 aromatic rings. The van der Waals surface area contributed by atoms with Crippen LogP contribution in [-0.4, -0.2) is 17.8 Å². The molecule has 0 aromatic heterocycles. The first kappa shape index (κ1) is 15.5.